The number of ether oxygens (including phenoxy) is 1. The van der Waals surface area contributed by atoms with Crippen LogP contribution in [-0.4, -0.2) is 17.2 Å². The van der Waals surface area contributed by atoms with Crippen LogP contribution in [0, 0.1) is 12.7 Å². The molecule has 0 aliphatic heterocycles. The van der Waals surface area contributed by atoms with Gasteiger partial charge >= 0.3 is 0 Å². The summed E-state index contributed by atoms with van der Waals surface area (Å²) >= 11 is 0. The molecule has 0 radical (unpaired) electrons. The monoisotopic (exact) mass is 275 g/mol. The summed E-state index contributed by atoms with van der Waals surface area (Å²) in [6.07, 6.45) is 1.52. The summed E-state index contributed by atoms with van der Waals surface area (Å²) in [6.45, 7) is 3.80. The summed E-state index contributed by atoms with van der Waals surface area (Å²) in [5, 5.41) is 11.0. The molecule has 2 rings (SSSR count). The van der Waals surface area contributed by atoms with Gasteiger partial charge in [-0.3, -0.25) is 4.98 Å². The predicted molar refractivity (Wildman–Crippen MR) is 75.2 cm³/mol. The Kier molecular flexibility index (Phi) is 4.04. The van der Waals surface area contributed by atoms with Crippen LogP contribution in [-0.2, 0) is 5.60 Å². The molecule has 3 nitrogen and oxygen atoms in total. The summed E-state index contributed by atoms with van der Waals surface area (Å²) < 4.78 is 18.4. The Balaban J connectivity index is 2.61. The van der Waals surface area contributed by atoms with E-state index in [1.807, 2.05) is 32.0 Å². The summed E-state index contributed by atoms with van der Waals surface area (Å²) in [7, 11) is 1.56. The summed E-state index contributed by atoms with van der Waals surface area (Å²) in [6, 6.07) is 8.39. The second-order valence-electron chi connectivity index (χ2n) is 4.78. The van der Waals surface area contributed by atoms with Crippen molar-refractivity contribution in [2.24, 2.45) is 0 Å². The normalized spacial score (nSPS) is 13.8. The third-order valence-electron chi connectivity index (χ3n) is 3.46. The van der Waals surface area contributed by atoms with Crippen LogP contribution in [0.2, 0.25) is 0 Å². The van der Waals surface area contributed by atoms with Crippen molar-refractivity contribution in [3.05, 3.63) is 59.2 Å². The third kappa shape index (κ3) is 2.51. The van der Waals surface area contributed by atoms with Crippen molar-refractivity contribution in [3.8, 4) is 5.75 Å². The van der Waals surface area contributed by atoms with Crippen molar-refractivity contribution in [1.29, 1.82) is 0 Å². The first-order chi connectivity index (χ1) is 9.51. The van der Waals surface area contributed by atoms with E-state index in [0.29, 0.717) is 23.4 Å². The molecule has 106 valence electrons. The number of methoxy groups -OCH3 is 1. The second kappa shape index (κ2) is 5.59. The largest absolute Gasteiger partial charge is 0.496 e. The number of halogens is 1. The van der Waals surface area contributed by atoms with Gasteiger partial charge in [0.05, 0.1) is 19.0 Å². The van der Waals surface area contributed by atoms with E-state index in [1.54, 1.807) is 7.11 Å². The molecule has 4 heteroatoms. The van der Waals surface area contributed by atoms with Gasteiger partial charge in [-0.25, -0.2) is 4.39 Å². The van der Waals surface area contributed by atoms with E-state index in [2.05, 4.69) is 4.98 Å². The highest BCUT2D eigenvalue weighted by molar-refractivity contribution is 5.45. The van der Waals surface area contributed by atoms with Crippen LogP contribution in [0.25, 0.3) is 0 Å². The van der Waals surface area contributed by atoms with E-state index < -0.39 is 11.4 Å². The van der Waals surface area contributed by atoms with Gasteiger partial charge in [-0.05, 0) is 37.6 Å². The number of aliphatic hydroxyl groups is 1. The van der Waals surface area contributed by atoms with E-state index >= 15 is 0 Å². The molecule has 1 aromatic carbocycles. The van der Waals surface area contributed by atoms with Crippen LogP contribution in [0.5, 0.6) is 5.75 Å². The van der Waals surface area contributed by atoms with Gasteiger partial charge < -0.3 is 9.84 Å². The van der Waals surface area contributed by atoms with Crippen molar-refractivity contribution in [2.45, 2.75) is 25.9 Å². The first kappa shape index (κ1) is 14.5. The fourth-order valence-corrected chi connectivity index (χ4v) is 2.28. The minimum absolute atomic E-state index is 0.408. The molecule has 0 spiro atoms. The van der Waals surface area contributed by atoms with E-state index in [4.69, 9.17) is 4.74 Å². The van der Waals surface area contributed by atoms with Crippen molar-refractivity contribution >= 4 is 0 Å². The summed E-state index contributed by atoms with van der Waals surface area (Å²) in [5.74, 6) is 0.162. The van der Waals surface area contributed by atoms with E-state index in [9.17, 15) is 9.50 Å². The van der Waals surface area contributed by atoms with Crippen LogP contribution in [0.1, 0.15) is 30.2 Å². The van der Waals surface area contributed by atoms with Gasteiger partial charge in [-0.15, -0.1) is 0 Å². The van der Waals surface area contributed by atoms with Crippen molar-refractivity contribution in [2.75, 3.05) is 7.11 Å². The molecule has 0 aliphatic rings. The molecule has 1 unspecified atom stereocenters. The lowest BCUT2D eigenvalue weighted by Crippen LogP contribution is -2.28. The van der Waals surface area contributed by atoms with Crippen LogP contribution in [0.3, 0.4) is 0 Å². The Morgan fingerprint density at radius 1 is 1.30 bits per heavy atom. The molecule has 0 fully saturated rings. The lowest BCUT2D eigenvalue weighted by Gasteiger charge is -2.28. The zero-order chi connectivity index (χ0) is 14.8. The van der Waals surface area contributed by atoms with Gasteiger partial charge in [0.25, 0.3) is 0 Å². The highest BCUT2D eigenvalue weighted by Gasteiger charge is 2.34. The number of pyridine rings is 1. The first-order valence-electron chi connectivity index (χ1n) is 6.50. The van der Waals surface area contributed by atoms with E-state index in [-0.39, 0.29) is 0 Å². The molecule has 0 bridgehead atoms. The minimum Gasteiger partial charge on any atom is -0.496 e. The fraction of sp³-hybridized carbons (Fsp3) is 0.312. The number of benzene rings is 1. The highest BCUT2D eigenvalue weighted by atomic mass is 19.1. The number of hydrogen-bond acceptors (Lipinski definition) is 3. The Labute approximate surface area is 118 Å². The number of nitrogens with zero attached hydrogens (tertiary/aromatic N) is 1. The SMILES string of the molecule is CCC(O)(c1ccc(F)cn1)c1cc(C)ccc1OC. The van der Waals surface area contributed by atoms with E-state index in [1.165, 1.54) is 12.1 Å². The molecule has 2 aromatic rings. The first-order valence-corrected chi connectivity index (χ1v) is 6.50. The molecule has 1 heterocycles. The predicted octanol–water partition coefficient (Wildman–Crippen LogP) is 3.18. The molecular weight excluding hydrogens is 257 g/mol. The lowest BCUT2D eigenvalue weighted by atomic mass is 9.86. The second-order valence-corrected chi connectivity index (χ2v) is 4.78. The summed E-state index contributed by atoms with van der Waals surface area (Å²) in [4.78, 5) is 4.02. The maximum absolute atomic E-state index is 13.0. The molecule has 1 aromatic heterocycles. The van der Waals surface area contributed by atoms with Crippen LogP contribution in [0.4, 0.5) is 4.39 Å². The molecule has 1 N–H and O–H groups in total. The van der Waals surface area contributed by atoms with Gasteiger partial charge in [0.2, 0.25) is 0 Å². The van der Waals surface area contributed by atoms with Gasteiger partial charge in [-0.2, -0.15) is 0 Å². The maximum Gasteiger partial charge on any atom is 0.141 e. The Bertz CT molecular complexity index is 598. The van der Waals surface area contributed by atoms with Gasteiger partial charge in [0.15, 0.2) is 0 Å². The molecule has 0 saturated carbocycles. The van der Waals surface area contributed by atoms with Crippen molar-refractivity contribution in [1.82, 2.24) is 4.98 Å². The van der Waals surface area contributed by atoms with Gasteiger partial charge in [0, 0.05) is 5.56 Å². The molecule has 0 amide bonds. The Hall–Kier alpha value is -1.94. The molecule has 20 heavy (non-hydrogen) atoms. The van der Waals surface area contributed by atoms with Crippen LogP contribution >= 0.6 is 0 Å². The van der Waals surface area contributed by atoms with Gasteiger partial charge in [-0.1, -0.05) is 18.6 Å². The van der Waals surface area contributed by atoms with Crippen LogP contribution < -0.4 is 4.74 Å². The minimum atomic E-state index is -1.30. The smallest absolute Gasteiger partial charge is 0.141 e. The lowest BCUT2D eigenvalue weighted by molar-refractivity contribution is 0.0689. The average Bonchev–Trinajstić information content (AvgIpc) is 2.47. The van der Waals surface area contributed by atoms with Crippen molar-refractivity contribution in [3.63, 3.8) is 0 Å². The Morgan fingerprint density at radius 2 is 2.05 bits per heavy atom. The molecule has 0 saturated heterocycles. The van der Waals surface area contributed by atoms with Crippen molar-refractivity contribution < 1.29 is 14.2 Å². The standard InChI is InChI=1S/C16H18FNO2/c1-4-16(19,15-8-6-12(17)10-18-15)13-9-11(2)5-7-14(13)20-3/h5-10,19H,4H2,1-3H3. The third-order valence-corrected chi connectivity index (χ3v) is 3.46. The maximum atomic E-state index is 13.0. The van der Waals surface area contributed by atoms with Gasteiger partial charge in [0.1, 0.15) is 17.2 Å². The zero-order valence-corrected chi connectivity index (χ0v) is 11.9. The molecule has 0 aliphatic carbocycles. The summed E-state index contributed by atoms with van der Waals surface area (Å²) in [5.41, 5.74) is 0.757. The quantitative estimate of drug-likeness (QED) is 0.931. The Morgan fingerprint density at radius 3 is 2.60 bits per heavy atom. The molecule has 1 atom stereocenters. The number of rotatable bonds is 4. The topological polar surface area (TPSA) is 42.4 Å². The molecular formula is C16H18FNO2. The number of aromatic nitrogens is 1. The van der Waals surface area contributed by atoms with E-state index in [0.717, 1.165) is 11.8 Å². The highest BCUT2D eigenvalue weighted by Crippen LogP contribution is 2.37. The zero-order valence-electron chi connectivity index (χ0n) is 11.9. The van der Waals surface area contributed by atoms with Crippen LogP contribution in [0.15, 0.2) is 36.5 Å². The number of hydrogen-bond donors (Lipinski definition) is 1. The average molecular weight is 275 g/mol. The number of aryl methyl sites for hydroxylation is 1. The fourth-order valence-electron chi connectivity index (χ4n) is 2.28.